The highest BCUT2D eigenvalue weighted by Gasteiger charge is 2.21. The summed E-state index contributed by atoms with van der Waals surface area (Å²) in [6.45, 7) is 0. The van der Waals surface area contributed by atoms with Gasteiger partial charge in [0.2, 0.25) is 0 Å². The number of rotatable bonds is 4. The van der Waals surface area contributed by atoms with E-state index in [1.165, 1.54) is 0 Å². The monoisotopic (exact) mass is 294 g/mol. The van der Waals surface area contributed by atoms with Crippen LogP contribution in [-0.2, 0) is 6.42 Å². The van der Waals surface area contributed by atoms with E-state index in [0.717, 1.165) is 28.2 Å². The predicted octanol–water partition coefficient (Wildman–Crippen LogP) is 1.36. The fraction of sp³-hybridized carbons (Fsp3) is 0.143. The fourth-order valence-corrected chi connectivity index (χ4v) is 2.58. The van der Waals surface area contributed by atoms with Crippen LogP contribution in [0.4, 0.5) is 5.95 Å². The zero-order chi connectivity index (χ0) is 14.9. The Hall–Kier alpha value is -3.16. The van der Waals surface area contributed by atoms with E-state index in [4.69, 9.17) is 5.73 Å². The van der Waals surface area contributed by atoms with Crippen molar-refractivity contribution in [2.75, 3.05) is 5.73 Å². The summed E-state index contributed by atoms with van der Waals surface area (Å²) in [5.41, 5.74) is 9.34. The van der Waals surface area contributed by atoms with E-state index in [2.05, 4.69) is 35.3 Å². The topological polar surface area (TPSA) is 125 Å². The Kier molecular flexibility index (Phi) is 2.85. The molecule has 0 bridgehead atoms. The zero-order valence-electron chi connectivity index (χ0n) is 11.6. The summed E-state index contributed by atoms with van der Waals surface area (Å²) in [5, 5.41) is 10.7. The van der Waals surface area contributed by atoms with Crippen LogP contribution in [0.25, 0.3) is 11.0 Å². The van der Waals surface area contributed by atoms with Crippen LogP contribution in [0.3, 0.4) is 0 Å². The molecule has 5 N–H and O–H groups in total. The average molecular weight is 294 g/mol. The first-order valence-corrected chi connectivity index (χ1v) is 6.89. The number of aromatic nitrogens is 7. The third-order valence-corrected chi connectivity index (χ3v) is 3.62. The van der Waals surface area contributed by atoms with Crippen molar-refractivity contribution in [3.05, 3.63) is 53.9 Å². The highest BCUT2D eigenvalue weighted by Crippen LogP contribution is 2.25. The molecule has 0 aliphatic heterocycles. The van der Waals surface area contributed by atoms with Crippen molar-refractivity contribution in [1.29, 1.82) is 0 Å². The van der Waals surface area contributed by atoms with E-state index in [-0.39, 0.29) is 5.92 Å². The number of nitrogens with zero attached hydrogens (tertiary/aromatic N) is 4. The summed E-state index contributed by atoms with van der Waals surface area (Å²) in [6.07, 6.45) is 4.06. The normalized spacial score (nSPS) is 12.7. The van der Waals surface area contributed by atoms with E-state index >= 15 is 0 Å². The number of para-hydroxylation sites is 2. The maximum atomic E-state index is 5.69. The van der Waals surface area contributed by atoms with Gasteiger partial charge >= 0.3 is 0 Å². The molecule has 4 rings (SSSR count). The number of imidazole rings is 2. The zero-order valence-corrected chi connectivity index (χ0v) is 11.6. The molecule has 110 valence electrons. The van der Waals surface area contributed by atoms with Crippen molar-refractivity contribution in [1.82, 2.24) is 35.3 Å². The van der Waals surface area contributed by atoms with Gasteiger partial charge in [-0.25, -0.2) is 9.97 Å². The third kappa shape index (κ3) is 2.20. The molecule has 0 saturated carbocycles. The van der Waals surface area contributed by atoms with Gasteiger partial charge in [0.05, 0.1) is 35.0 Å². The molecule has 0 aliphatic carbocycles. The lowest BCUT2D eigenvalue weighted by Gasteiger charge is -2.10. The number of benzene rings is 1. The van der Waals surface area contributed by atoms with Gasteiger partial charge in [-0.05, 0) is 12.1 Å². The third-order valence-electron chi connectivity index (χ3n) is 3.62. The van der Waals surface area contributed by atoms with E-state index in [0.29, 0.717) is 12.4 Å². The van der Waals surface area contributed by atoms with Gasteiger partial charge in [-0.3, -0.25) is 0 Å². The number of anilines is 1. The lowest BCUT2D eigenvalue weighted by atomic mass is 9.98. The van der Waals surface area contributed by atoms with Crippen LogP contribution >= 0.6 is 0 Å². The number of nitrogens with two attached hydrogens (primary N) is 1. The van der Waals surface area contributed by atoms with Gasteiger partial charge in [0.25, 0.3) is 0 Å². The lowest BCUT2D eigenvalue weighted by Crippen LogP contribution is -2.07. The lowest BCUT2D eigenvalue weighted by molar-refractivity contribution is 0.720. The molecular weight excluding hydrogens is 280 g/mol. The Morgan fingerprint density at radius 1 is 1.14 bits per heavy atom. The minimum Gasteiger partial charge on any atom is -0.369 e. The van der Waals surface area contributed by atoms with Crippen molar-refractivity contribution in [2.45, 2.75) is 12.3 Å². The summed E-state index contributed by atoms with van der Waals surface area (Å²) >= 11 is 0. The Morgan fingerprint density at radius 3 is 2.77 bits per heavy atom. The second-order valence-corrected chi connectivity index (χ2v) is 5.08. The van der Waals surface area contributed by atoms with Gasteiger partial charge in [0, 0.05) is 12.1 Å². The van der Waals surface area contributed by atoms with E-state index in [9.17, 15) is 0 Å². The highest BCUT2D eigenvalue weighted by atomic mass is 15.3. The highest BCUT2D eigenvalue weighted by molar-refractivity contribution is 5.74. The van der Waals surface area contributed by atoms with Gasteiger partial charge < -0.3 is 15.7 Å². The maximum Gasteiger partial charge on any atom is 0.197 e. The smallest absolute Gasteiger partial charge is 0.197 e. The minimum absolute atomic E-state index is 0.0517. The number of hydrogen-bond donors (Lipinski definition) is 4. The molecule has 0 spiro atoms. The number of aromatic amines is 3. The molecule has 1 aromatic carbocycles. The standard InChI is InChI=1S/C14H14N8/c15-14-16-6-11(20-14)8(12-7-17-22-21-12)5-13-18-9-3-1-2-4-10(9)19-13/h1-4,6-8H,5H2,(H,18,19)(H3,15,16,20)(H,17,21,22). The van der Waals surface area contributed by atoms with E-state index < -0.39 is 0 Å². The molecule has 3 aromatic heterocycles. The van der Waals surface area contributed by atoms with Crippen LogP contribution in [0.1, 0.15) is 23.1 Å². The molecule has 3 heterocycles. The van der Waals surface area contributed by atoms with E-state index in [1.54, 1.807) is 12.4 Å². The molecular formula is C14H14N8. The molecule has 1 atom stereocenters. The Labute approximate surface area is 125 Å². The Balaban J connectivity index is 1.72. The number of fused-ring (bicyclic) bond motifs is 1. The molecule has 4 aromatic rings. The van der Waals surface area contributed by atoms with Crippen LogP contribution in [-0.4, -0.2) is 35.3 Å². The predicted molar refractivity (Wildman–Crippen MR) is 81.0 cm³/mol. The van der Waals surface area contributed by atoms with Crippen LogP contribution in [0.2, 0.25) is 0 Å². The van der Waals surface area contributed by atoms with Crippen molar-refractivity contribution in [2.24, 2.45) is 0 Å². The summed E-state index contributed by atoms with van der Waals surface area (Å²) in [7, 11) is 0. The molecule has 8 nitrogen and oxygen atoms in total. The van der Waals surface area contributed by atoms with Gasteiger partial charge in [-0.15, -0.1) is 0 Å². The van der Waals surface area contributed by atoms with Gasteiger partial charge in [0.15, 0.2) is 5.95 Å². The van der Waals surface area contributed by atoms with Crippen LogP contribution in [0.5, 0.6) is 0 Å². The van der Waals surface area contributed by atoms with Crippen molar-refractivity contribution in [3.8, 4) is 0 Å². The second-order valence-electron chi connectivity index (χ2n) is 5.08. The van der Waals surface area contributed by atoms with Crippen LogP contribution in [0.15, 0.2) is 36.7 Å². The largest absolute Gasteiger partial charge is 0.369 e. The Bertz CT molecular complexity index is 856. The first-order valence-electron chi connectivity index (χ1n) is 6.89. The van der Waals surface area contributed by atoms with Gasteiger partial charge in [-0.2, -0.15) is 15.4 Å². The van der Waals surface area contributed by atoms with Crippen molar-refractivity contribution < 1.29 is 0 Å². The molecule has 0 fully saturated rings. The quantitative estimate of drug-likeness (QED) is 0.452. The minimum atomic E-state index is -0.0517. The summed E-state index contributed by atoms with van der Waals surface area (Å²) in [4.78, 5) is 15.1. The van der Waals surface area contributed by atoms with Crippen molar-refractivity contribution in [3.63, 3.8) is 0 Å². The summed E-state index contributed by atoms with van der Waals surface area (Å²) < 4.78 is 0. The second kappa shape index (κ2) is 4.99. The first-order chi connectivity index (χ1) is 10.8. The number of nitrogen functional groups attached to an aromatic ring is 1. The molecule has 0 radical (unpaired) electrons. The van der Waals surface area contributed by atoms with Crippen LogP contribution in [0, 0.1) is 0 Å². The molecule has 1 unspecified atom stereocenters. The van der Waals surface area contributed by atoms with Crippen molar-refractivity contribution >= 4 is 17.0 Å². The first kappa shape index (κ1) is 12.6. The number of nitrogens with one attached hydrogen (secondary N) is 3. The molecule has 0 aliphatic rings. The number of H-pyrrole nitrogens is 3. The Morgan fingerprint density at radius 2 is 2.05 bits per heavy atom. The molecule has 0 saturated heterocycles. The number of hydrogen-bond acceptors (Lipinski definition) is 5. The van der Waals surface area contributed by atoms with Gasteiger partial charge in [0.1, 0.15) is 5.82 Å². The fourth-order valence-electron chi connectivity index (χ4n) is 2.58. The summed E-state index contributed by atoms with van der Waals surface area (Å²) in [6, 6.07) is 7.94. The molecule has 22 heavy (non-hydrogen) atoms. The molecule has 8 heteroatoms. The van der Waals surface area contributed by atoms with Crippen LogP contribution < -0.4 is 5.73 Å². The molecule has 0 amide bonds. The average Bonchev–Trinajstić information content (AvgIpc) is 3.25. The van der Waals surface area contributed by atoms with E-state index in [1.807, 2.05) is 24.3 Å². The van der Waals surface area contributed by atoms with Gasteiger partial charge in [-0.1, -0.05) is 12.1 Å². The summed E-state index contributed by atoms with van der Waals surface area (Å²) in [5.74, 6) is 1.21. The maximum absolute atomic E-state index is 5.69. The SMILES string of the molecule is Nc1ncc(C(Cc2nc3ccccc3[nH]2)c2cn[nH]n2)[nH]1.